The van der Waals surface area contributed by atoms with Crippen molar-refractivity contribution in [3.05, 3.63) is 29.8 Å². The summed E-state index contributed by atoms with van der Waals surface area (Å²) >= 11 is 0. The van der Waals surface area contributed by atoms with Gasteiger partial charge in [0.25, 0.3) is 0 Å². The molecule has 0 saturated carbocycles. The van der Waals surface area contributed by atoms with E-state index in [-0.39, 0.29) is 35.3 Å². The van der Waals surface area contributed by atoms with Gasteiger partial charge in [-0.2, -0.15) is 0 Å². The molecular formula is C10H13NaO. The first-order valence-corrected chi connectivity index (χ1v) is 4.09. The molecular weight excluding hydrogens is 159 g/mol. The Morgan fingerprint density at radius 1 is 1.17 bits per heavy atom. The van der Waals surface area contributed by atoms with E-state index in [0.29, 0.717) is 0 Å². The maximum atomic E-state index is 10.7. The maximum absolute atomic E-state index is 10.7. The molecule has 0 atom stereocenters. The van der Waals surface area contributed by atoms with Crippen molar-refractivity contribution in [1.82, 2.24) is 0 Å². The molecule has 0 bridgehead atoms. The second-order valence-corrected chi connectivity index (χ2v) is 2.75. The van der Waals surface area contributed by atoms with E-state index >= 15 is 0 Å². The Morgan fingerprint density at radius 3 is 2.25 bits per heavy atom. The monoisotopic (exact) mass is 172 g/mol. The average Bonchev–Trinajstić information content (AvgIpc) is 2.04. The molecule has 1 aromatic rings. The summed E-state index contributed by atoms with van der Waals surface area (Å²) in [6.07, 6.45) is 3.51. The zero-order chi connectivity index (χ0) is 8.10. The van der Waals surface area contributed by atoms with Crippen LogP contribution in [0.15, 0.2) is 24.3 Å². The van der Waals surface area contributed by atoms with Crippen LogP contribution in [-0.4, -0.2) is 0 Å². The molecule has 60 valence electrons. The van der Waals surface area contributed by atoms with Crippen LogP contribution in [0, 0.1) is 0 Å². The van der Waals surface area contributed by atoms with Crippen LogP contribution in [0.2, 0.25) is 0 Å². The summed E-state index contributed by atoms with van der Waals surface area (Å²) in [5.41, 5.74) is 1.27. The summed E-state index contributed by atoms with van der Waals surface area (Å²) in [6.45, 7) is 2.17. The molecule has 0 radical (unpaired) electrons. The summed E-state index contributed by atoms with van der Waals surface area (Å²) in [5.74, 6) is 0.102. The fourth-order valence-electron chi connectivity index (χ4n) is 1.04. The second kappa shape index (κ2) is 6.53. The zero-order valence-electron chi connectivity index (χ0n) is 7.84. The quantitative estimate of drug-likeness (QED) is 0.542. The number of hydrogen-bond acceptors (Lipinski definition) is 1. The van der Waals surface area contributed by atoms with Crippen molar-refractivity contribution in [3.63, 3.8) is 0 Å². The molecule has 0 aromatic heterocycles. The third-order valence-electron chi connectivity index (χ3n) is 1.74. The van der Waals surface area contributed by atoms with E-state index in [1.807, 2.05) is 12.1 Å². The Hall–Kier alpha value is 0.0200. The number of benzene rings is 1. The first-order valence-electron chi connectivity index (χ1n) is 4.09. The van der Waals surface area contributed by atoms with Crippen molar-refractivity contribution >= 4 is 0 Å². The minimum atomic E-state index is 0. The van der Waals surface area contributed by atoms with Crippen molar-refractivity contribution in [2.24, 2.45) is 0 Å². The molecule has 1 nitrogen and oxygen atoms in total. The number of aryl methyl sites for hydroxylation is 1. The summed E-state index contributed by atoms with van der Waals surface area (Å²) in [6, 6.07) is 7.09. The van der Waals surface area contributed by atoms with E-state index in [0.717, 1.165) is 6.42 Å². The van der Waals surface area contributed by atoms with Gasteiger partial charge in [-0.05, 0) is 18.4 Å². The Morgan fingerprint density at radius 2 is 1.75 bits per heavy atom. The van der Waals surface area contributed by atoms with Crippen LogP contribution in [0.4, 0.5) is 0 Å². The van der Waals surface area contributed by atoms with E-state index in [9.17, 15) is 5.11 Å². The first-order chi connectivity index (χ1) is 5.33. The van der Waals surface area contributed by atoms with Crippen LogP contribution >= 0.6 is 0 Å². The summed E-state index contributed by atoms with van der Waals surface area (Å²) in [7, 11) is 0. The van der Waals surface area contributed by atoms with Crippen LogP contribution in [-0.2, 0) is 6.42 Å². The van der Waals surface area contributed by atoms with Crippen molar-refractivity contribution in [2.45, 2.75) is 26.2 Å². The summed E-state index contributed by atoms with van der Waals surface area (Å²) in [4.78, 5) is 0. The van der Waals surface area contributed by atoms with Crippen LogP contribution in [0.25, 0.3) is 0 Å². The molecule has 0 unspecified atom stereocenters. The molecule has 0 aliphatic heterocycles. The van der Waals surface area contributed by atoms with E-state index in [4.69, 9.17) is 0 Å². The molecule has 0 fully saturated rings. The van der Waals surface area contributed by atoms with Crippen molar-refractivity contribution in [2.75, 3.05) is 0 Å². The largest absolute Gasteiger partial charge is 1.00 e. The van der Waals surface area contributed by atoms with Gasteiger partial charge < -0.3 is 5.11 Å². The molecule has 2 heteroatoms. The van der Waals surface area contributed by atoms with Crippen molar-refractivity contribution < 1.29 is 34.7 Å². The van der Waals surface area contributed by atoms with Gasteiger partial charge in [-0.3, -0.25) is 0 Å². The molecule has 0 N–H and O–H groups in total. The molecule has 12 heavy (non-hydrogen) atoms. The number of unbranched alkanes of at least 4 members (excludes halogenated alkanes) is 1. The van der Waals surface area contributed by atoms with Gasteiger partial charge in [0, 0.05) is 0 Å². The van der Waals surface area contributed by atoms with Crippen molar-refractivity contribution in [1.29, 1.82) is 0 Å². The van der Waals surface area contributed by atoms with Gasteiger partial charge in [0.2, 0.25) is 0 Å². The van der Waals surface area contributed by atoms with E-state index < -0.39 is 0 Å². The number of rotatable bonds is 3. The van der Waals surface area contributed by atoms with E-state index in [1.165, 1.54) is 18.4 Å². The average molecular weight is 172 g/mol. The second-order valence-electron chi connectivity index (χ2n) is 2.75. The molecule has 0 saturated heterocycles. The van der Waals surface area contributed by atoms with Gasteiger partial charge in [0.05, 0.1) is 0 Å². The van der Waals surface area contributed by atoms with Crippen LogP contribution in [0.1, 0.15) is 25.3 Å². The Balaban J connectivity index is 0.00000121. The third kappa shape index (κ3) is 4.15. The maximum Gasteiger partial charge on any atom is 1.00 e. The normalized spacial score (nSPS) is 9.08. The minimum Gasteiger partial charge on any atom is -0.872 e. The molecule has 1 aromatic carbocycles. The van der Waals surface area contributed by atoms with Gasteiger partial charge in [-0.1, -0.05) is 37.6 Å². The Bertz CT molecular complexity index is 206. The molecule has 0 heterocycles. The number of hydrogen-bond donors (Lipinski definition) is 0. The van der Waals surface area contributed by atoms with Crippen molar-refractivity contribution in [3.8, 4) is 5.75 Å². The van der Waals surface area contributed by atoms with Gasteiger partial charge in [-0.15, -0.1) is 5.75 Å². The van der Waals surface area contributed by atoms with Crippen LogP contribution in [0.3, 0.4) is 0 Å². The molecule has 1 rings (SSSR count). The minimum absolute atomic E-state index is 0. The topological polar surface area (TPSA) is 23.1 Å². The smallest absolute Gasteiger partial charge is 0.872 e. The molecule has 0 spiro atoms. The van der Waals surface area contributed by atoms with Gasteiger partial charge in [0.15, 0.2) is 0 Å². The summed E-state index contributed by atoms with van der Waals surface area (Å²) in [5, 5.41) is 10.7. The van der Waals surface area contributed by atoms with Crippen LogP contribution < -0.4 is 34.7 Å². The SMILES string of the molecule is CCCCc1ccc([O-])cc1.[Na+]. The third-order valence-corrected chi connectivity index (χ3v) is 1.74. The Kier molecular flexibility index (Phi) is 6.54. The molecule has 0 aliphatic carbocycles. The predicted molar refractivity (Wildman–Crippen MR) is 44.5 cm³/mol. The Labute approximate surface area is 96.1 Å². The molecule has 0 aliphatic rings. The standard InChI is InChI=1S/C10H14O.Na/c1-2-3-4-9-5-7-10(11)8-6-9;/h5-8,11H,2-4H2,1H3;/q;+1/p-1. The van der Waals surface area contributed by atoms with Gasteiger partial charge >= 0.3 is 29.6 Å². The van der Waals surface area contributed by atoms with Gasteiger partial charge in [-0.25, -0.2) is 0 Å². The fourth-order valence-corrected chi connectivity index (χ4v) is 1.04. The first kappa shape index (κ1) is 12.0. The van der Waals surface area contributed by atoms with E-state index in [1.54, 1.807) is 12.1 Å². The summed E-state index contributed by atoms with van der Waals surface area (Å²) < 4.78 is 0. The fraction of sp³-hybridized carbons (Fsp3) is 0.400. The predicted octanol–water partition coefficient (Wildman–Crippen LogP) is -0.893. The van der Waals surface area contributed by atoms with E-state index in [2.05, 4.69) is 6.92 Å². The van der Waals surface area contributed by atoms with Crippen LogP contribution in [0.5, 0.6) is 5.75 Å². The van der Waals surface area contributed by atoms with Gasteiger partial charge in [0.1, 0.15) is 0 Å². The zero-order valence-corrected chi connectivity index (χ0v) is 9.84. The molecule has 0 amide bonds.